The van der Waals surface area contributed by atoms with Gasteiger partial charge in [0, 0.05) is 0 Å². The molecule has 9 heavy (non-hydrogen) atoms. The van der Waals surface area contributed by atoms with Crippen LogP contribution in [0.5, 0.6) is 0 Å². The Labute approximate surface area is 58.6 Å². The van der Waals surface area contributed by atoms with Crippen molar-refractivity contribution in [3.63, 3.8) is 0 Å². The van der Waals surface area contributed by atoms with E-state index in [9.17, 15) is 4.79 Å². The summed E-state index contributed by atoms with van der Waals surface area (Å²) in [5.41, 5.74) is 0. The first-order valence-electron chi connectivity index (χ1n) is 2.52. The van der Waals surface area contributed by atoms with Gasteiger partial charge < -0.3 is 9.84 Å². The quantitative estimate of drug-likeness (QED) is 0.461. The van der Waals surface area contributed by atoms with Gasteiger partial charge in [-0.1, -0.05) is 11.6 Å². The fourth-order valence-electron chi connectivity index (χ4n) is 0.279. The SMILES string of the molecule is CC(Cl)(C=O)OCCO. The Kier molecular flexibility index (Phi) is 3.77. The largest absolute Gasteiger partial charge is 0.394 e. The highest BCUT2D eigenvalue weighted by atomic mass is 35.5. The number of carbonyl (C=O) groups is 1. The molecule has 0 aliphatic heterocycles. The lowest BCUT2D eigenvalue weighted by Gasteiger charge is -2.13. The van der Waals surface area contributed by atoms with Crippen LogP contribution in [0.4, 0.5) is 0 Å². The fourth-order valence-corrected chi connectivity index (χ4v) is 0.356. The summed E-state index contributed by atoms with van der Waals surface area (Å²) < 4.78 is 4.68. The predicted octanol–water partition coefficient (Wildman–Crippen LogP) is 0.149. The first-order valence-corrected chi connectivity index (χ1v) is 2.90. The molecule has 0 rings (SSSR count). The third kappa shape index (κ3) is 4.39. The lowest BCUT2D eigenvalue weighted by Crippen LogP contribution is -2.24. The van der Waals surface area contributed by atoms with Crippen molar-refractivity contribution in [3.8, 4) is 0 Å². The highest BCUT2D eigenvalue weighted by Gasteiger charge is 2.18. The molecule has 0 aliphatic rings. The Morgan fingerprint density at radius 2 is 2.44 bits per heavy atom. The molecule has 0 aromatic carbocycles. The first kappa shape index (κ1) is 8.88. The van der Waals surface area contributed by atoms with E-state index in [1.807, 2.05) is 0 Å². The van der Waals surface area contributed by atoms with E-state index in [0.29, 0.717) is 6.29 Å². The van der Waals surface area contributed by atoms with Crippen molar-refractivity contribution < 1.29 is 14.6 Å². The van der Waals surface area contributed by atoms with Gasteiger partial charge in [-0.3, -0.25) is 4.79 Å². The van der Waals surface area contributed by atoms with Gasteiger partial charge >= 0.3 is 0 Å². The molecular formula is C5H9ClO3. The Balaban J connectivity index is 3.45. The van der Waals surface area contributed by atoms with Gasteiger partial charge in [0.05, 0.1) is 13.2 Å². The van der Waals surface area contributed by atoms with Crippen molar-refractivity contribution in [3.05, 3.63) is 0 Å². The van der Waals surface area contributed by atoms with Gasteiger partial charge in [0.1, 0.15) is 0 Å². The van der Waals surface area contributed by atoms with Crippen molar-refractivity contribution in [2.75, 3.05) is 13.2 Å². The standard InChI is InChI=1S/C5H9ClO3/c1-5(6,4-8)9-3-2-7/h4,7H,2-3H2,1H3. The molecule has 0 bridgehead atoms. The van der Waals surface area contributed by atoms with E-state index in [1.165, 1.54) is 6.92 Å². The molecule has 3 nitrogen and oxygen atoms in total. The van der Waals surface area contributed by atoms with Gasteiger partial charge in [0.15, 0.2) is 11.3 Å². The fraction of sp³-hybridized carbons (Fsp3) is 0.800. The maximum absolute atomic E-state index is 9.99. The highest BCUT2D eigenvalue weighted by Crippen LogP contribution is 2.10. The zero-order valence-electron chi connectivity index (χ0n) is 5.13. The second-order valence-electron chi connectivity index (χ2n) is 1.68. The van der Waals surface area contributed by atoms with E-state index in [0.717, 1.165) is 0 Å². The average Bonchev–Trinajstić information content (AvgIpc) is 1.84. The van der Waals surface area contributed by atoms with Crippen LogP contribution in [0.15, 0.2) is 0 Å². The molecule has 0 aliphatic carbocycles. The van der Waals surface area contributed by atoms with E-state index >= 15 is 0 Å². The monoisotopic (exact) mass is 152 g/mol. The molecule has 0 heterocycles. The maximum atomic E-state index is 9.99. The smallest absolute Gasteiger partial charge is 0.194 e. The number of halogens is 1. The number of alkyl halides is 1. The molecule has 1 unspecified atom stereocenters. The van der Waals surface area contributed by atoms with E-state index < -0.39 is 5.06 Å². The lowest BCUT2D eigenvalue weighted by atomic mass is 10.4. The van der Waals surface area contributed by atoms with Gasteiger partial charge in [-0.15, -0.1) is 0 Å². The summed E-state index contributed by atoms with van der Waals surface area (Å²) in [4.78, 5) is 9.99. The van der Waals surface area contributed by atoms with Crippen molar-refractivity contribution in [1.29, 1.82) is 0 Å². The number of aliphatic hydroxyl groups is 1. The Morgan fingerprint density at radius 1 is 1.89 bits per heavy atom. The molecule has 1 N–H and O–H groups in total. The highest BCUT2D eigenvalue weighted by molar-refractivity contribution is 6.30. The van der Waals surface area contributed by atoms with Gasteiger partial charge in [-0.25, -0.2) is 0 Å². The van der Waals surface area contributed by atoms with Crippen molar-refractivity contribution in [2.24, 2.45) is 0 Å². The minimum Gasteiger partial charge on any atom is -0.394 e. The third-order valence-corrected chi connectivity index (χ3v) is 0.884. The van der Waals surface area contributed by atoms with Crippen LogP contribution in [0.1, 0.15) is 6.92 Å². The molecule has 0 fully saturated rings. The summed E-state index contributed by atoms with van der Waals surface area (Å²) in [6.07, 6.45) is 0.476. The van der Waals surface area contributed by atoms with Gasteiger partial charge in [-0.2, -0.15) is 0 Å². The minimum absolute atomic E-state index is 0.0821. The molecule has 0 saturated carbocycles. The van der Waals surface area contributed by atoms with E-state index in [-0.39, 0.29) is 13.2 Å². The Bertz CT molecular complexity index is 92.2. The summed E-state index contributed by atoms with van der Waals surface area (Å²) in [6, 6.07) is 0. The van der Waals surface area contributed by atoms with Gasteiger partial charge in [0.2, 0.25) is 0 Å². The second kappa shape index (κ2) is 3.82. The van der Waals surface area contributed by atoms with Crippen molar-refractivity contribution in [2.45, 2.75) is 12.0 Å². The maximum Gasteiger partial charge on any atom is 0.194 e. The Morgan fingerprint density at radius 3 is 2.78 bits per heavy atom. The van der Waals surface area contributed by atoms with Crippen LogP contribution in [0.3, 0.4) is 0 Å². The summed E-state index contributed by atoms with van der Waals surface area (Å²) in [7, 11) is 0. The molecule has 0 spiro atoms. The number of ether oxygens (including phenoxy) is 1. The number of rotatable bonds is 4. The zero-order valence-corrected chi connectivity index (χ0v) is 5.89. The molecule has 0 aromatic rings. The summed E-state index contributed by atoms with van der Waals surface area (Å²) in [6.45, 7) is 1.37. The molecule has 54 valence electrons. The topological polar surface area (TPSA) is 46.5 Å². The molecule has 0 amide bonds. The van der Waals surface area contributed by atoms with Crippen LogP contribution in [-0.2, 0) is 9.53 Å². The van der Waals surface area contributed by atoms with Gasteiger partial charge in [0.25, 0.3) is 0 Å². The number of hydrogen-bond donors (Lipinski definition) is 1. The van der Waals surface area contributed by atoms with Crippen LogP contribution < -0.4 is 0 Å². The number of aliphatic hydroxyl groups excluding tert-OH is 1. The van der Waals surface area contributed by atoms with Crippen molar-refractivity contribution >= 4 is 17.9 Å². The molecule has 0 radical (unpaired) electrons. The van der Waals surface area contributed by atoms with Crippen LogP contribution in [0.2, 0.25) is 0 Å². The zero-order chi connectivity index (χ0) is 7.33. The summed E-state index contributed by atoms with van der Waals surface area (Å²) >= 11 is 5.40. The molecule has 0 aromatic heterocycles. The van der Waals surface area contributed by atoms with Crippen LogP contribution in [0, 0.1) is 0 Å². The predicted molar refractivity (Wildman–Crippen MR) is 33.4 cm³/mol. The molecule has 1 atom stereocenters. The van der Waals surface area contributed by atoms with Crippen molar-refractivity contribution in [1.82, 2.24) is 0 Å². The van der Waals surface area contributed by atoms with Gasteiger partial charge in [-0.05, 0) is 6.92 Å². The lowest BCUT2D eigenvalue weighted by molar-refractivity contribution is -0.121. The van der Waals surface area contributed by atoms with Crippen LogP contribution in [0.25, 0.3) is 0 Å². The number of hydrogen-bond acceptors (Lipinski definition) is 3. The first-order chi connectivity index (χ1) is 4.12. The molecule has 0 saturated heterocycles. The van der Waals surface area contributed by atoms with Crippen LogP contribution >= 0.6 is 11.6 Å². The number of carbonyl (C=O) groups excluding carboxylic acids is 1. The average molecular weight is 153 g/mol. The number of aldehydes is 1. The second-order valence-corrected chi connectivity index (χ2v) is 2.43. The van der Waals surface area contributed by atoms with E-state index in [1.54, 1.807) is 0 Å². The summed E-state index contributed by atoms with van der Waals surface area (Å²) in [5, 5.41) is 6.95. The normalized spacial score (nSPS) is 16.8. The molecule has 4 heteroatoms. The molecular weight excluding hydrogens is 144 g/mol. The third-order valence-electron chi connectivity index (χ3n) is 0.686. The van der Waals surface area contributed by atoms with E-state index in [4.69, 9.17) is 16.7 Å². The minimum atomic E-state index is -1.28. The van der Waals surface area contributed by atoms with Crippen LogP contribution in [-0.4, -0.2) is 29.7 Å². The van der Waals surface area contributed by atoms with E-state index in [2.05, 4.69) is 4.74 Å². The summed E-state index contributed by atoms with van der Waals surface area (Å²) in [5.74, 6) is 0. The Hall–Kier alpha value is -0.120.